The second-order valence-electron chi connectivity index (χ2n) is 4.44. The topological polar surface area (TPSA) is 70.3 Å². The van der Waals surface area contributed by atoms with Gasteiger partial charge in [-0.25, -0.2) is 0 Å². The zero-order chi connectivity index (χ0) is 14.7. The highest BCUT2D eigenvalue weighted by Gasteiger charge is 2.08. The number of nitrogens with zero attached hydrogens (tertiary/aromatic N) is 3. The highest BCUT2D eigenvalue weighted by Crippen LogP contribution is 2.27. The van der Waals surface area contributed by atoms with Gasteiger partial charge < -0.3 is 14.0 Å². The molecule has 3 aromatic rings. The number of hydrogen-bond donors (Lipinski definition) is 0. The van der Waals surface area contributed by atoms with Crippen molar-refractivity contribution in [1.82, 2.24) is 15.1 Å². The average molecular weight is 285 g/mol. The summed E-state index contributed by atoms with van der Waals surface area (Å²) in [4.78, 5) is 8.52. The predicted molar refractivity (Wildman–Crippen MR) is 76.3 cm³/mol. The first-order chi connectivity index (χ1) is 10.3. The lowest BCUT2D eigenvalue weighted by molar-refractivity contribution is 0.244. The lowest BCUT2D eigenvalue weighted by atomic mass is 10.2. The Morgan fingerprint density at radius 1 is 1.24 bits per heavy atom. The van der Waals surface area contributed by atoms with Crippen LogP contribution in [0, 0.1) is 0 Å². The summed E-state index contributed by atoms with van der Waals surface area (Å²) < 4.78 is 16.1. The fourth-order valence-corrected chi connectivity index (χ4v) is 1.99. The molecule has 21 heavy (non-hydrogen) atoms. The number of aryl methyl sites for hydroxylation is 1. The van der Waals surface area contributed by atoms with Gasteiger partial charge in [0, 0.05) is 24.1 Å². The number of ether oxygens (including phenoxy) is 2. The van der Waals surface area contributed by atoms with Crippen molar-refractivity contribution in [3.05, 3.63) is 42.2 Å². The molecule has 0 spiro atoms. The molecule has 0 saturated heterocycles. The summed E-state index contributed by atoms with van der Waals surface area (Å²) in [6, 6.07) is 7.47. The lowest BCUT2D eigenvalue weighted by Gasteiger charge is -2.08. The third kappa shape index (κ3) is 2.79. The molecule has 0 unspecified atom stereocenters. The first kappa shape index (κ1) is 13.4. The van der Waals surface area contributed by atoms with Gasteiger partial charge in [-0.3, -0.25) is 4.98 Å². The Hall–Kier alpha value is -2.63. The van der Waals surface area contributed by atoms with E-state index in [9.17, 15) is 0 Å². The van der Waals surface area contributed by atoms with E-state index in [-0.39, 0.29) is 6.61 Å². The normalized spacial score (nSPS) is 10.8. The SMILES string of the molecule is CCc1noc(COc2ccnc3cc(OC)ccc23)n1. The van der Waals surface area contributed by atoms with Crippen LogP contribution in [-0.2, 0) is 13.0 Å². The Morgan fingerprint density at radius 3 is 2.90 bits per heavy atom. The Kier molecular flexibility index (Phi) is 3.68. The van der Waals surface area contributed by atoms with E-state index in [1.165, 1.54) is 0 Å². The van der Waals surface area contributed by atoms with Gasteiger partial charge in [0.2, 0.25) is 0 Å². The first-order valence-corrected chi connectivity index (χ1v) is 6.67. The van der Waals surface area contributed by atoms with Crippen molar-refractivity contribution >= 4 is 10.9 Å². The average Bonchev–Trinajstić information content (AvgIpc) is 3.00. The van der Waals surface area contributed by atoms with Crippen LogP contribution < -0.4 is 9.47 Å². The molecule has 0 saturated carbocycles. The molecule has 6 nitrogen and oxygen atoms in total. The van der Waals surface area contributed by atoms with Gasteiger partial charge in [-0.1, -0.05) is 12.1 Å². The Morgan fingerprint density at radius 2 is 2.14 bits per heavy atom. The van der Waals surface area contributed by atoms with E-state index in [1.807, 2.05) is 31.2 Å². The van der Waals surface area contributed by atoms with Crippen molar-refractivity contribution < 1.29 is 14.0 Å². The molecule has 0 aliphatic rings. The maximum Gasteiger partial charge on any atom is 0.264 e. The van der Waals surface area contributed by atoms with E-state index >= 15 is 0 Å². The van der Waals surface area contributed by atoms with E-state index in [0.717, 1.165) is 28.8 Å². The van der Waals surface area contributed by atoms with Crippen LogP contribution in [-0.4, -0.2) is 22.2 Å². The molecular weight excluding hydrogens is 270 g/mol. The molecule has 3 rings (SSSR count). The number of hydrogen-bond acceptors (Lipinski definition) is 6. The molecule has 1 aromatic carbocycles. The van der Waals surface area contributed by atoms with Gasteiger partial charge >= 0.3 is 0 Å². The highest BCUT2D eigenvalue weighted by atomic mass is 16.5. The Bertz CT molecular complexity index is 755. The van der Waals surface area contributed by atoms with Crippen LogP contribution in [0.25, 0.3) is 10.9 Å². The van der Waals surface area contributed by atoms with Gasteiger partial charge in [0.05, 0.1) is 12.6 Å². The molecule has 0 atom stereocenters. The quantitative estimate of drug-likeness (QED) is 0.718. The van der Waals surface area contributed by atoms with Crippen molar-refractivity contribution in [1.29, 1.82) is 0 Å². The third-order valence-electron chi connectivity index (χ3n) is 3.09. The molecule has 2 aromatic heterocycles. The standard InChI is InChI=1S/C15H15N3O3/c1-3-14-17-15(21-18-14)9-20-13-6-7-16-12-8-10(19-2)4-5-11(12)13/h4-8H,3,9H2,1-2H3. The monoisotopic (exact) mass is 285 g/mol. The van der Waals surface area contributed by atoms with Crippen molar-refractivity contribution in [2.75, 3.05) is 7.11 Å². The summed E-state index contributed by atoms with van der Waals surface area (Å²) in [6.07, 6.45) is 2.43. The van der Waals surface area contributed by atoms with Gasteiger partial charge in [-0.05, 0) is 18.2 Å². The smallest absolute Gasteiger partial charge is 0.264 e. The number of benzene rings is 1. The largest absolute Gasteiger partial charge is 0.497 e. The molecule has 0 fully saturated rings. The van der Waals surface area contributed by atoms with Gasteiger partial charge in [0.1, 0.15) is 11.5 Å². The van der Waals surface area contributed by atoms with Crippen LogP contribution in [0.4, 0.5) is 0 Å². The summed E-state index contributed by atoms with van der Waals surface area (Å²) >= 11 is 0. The second-order valence-corrected chi connectivity index (χ2v) is 4.44. The van der Waals surface area contributed by atoms with Crippen molar-refractivity contribution in [3.8, 4) is 11.5 Å². The minimum Gasteiger partial charge on any atom is -0.497 e. The zero-order valence-electron chi connectivity index (χ0n) is 11.9. The van der Waals surface area contributed by atoms with Crippen LogP contribution in [0.5, 0.6) is 11.5 Å². The maximum atomic E-state index is 5.76. The number of fused-ring (bicyclic) bond motifs is 1. The van der Waals surface area contributed by atoms with Crippen LogP contribution in [0.3, 0.4) is 0 Å². The number of methoxy groups -OCH3 is 1. The maximum absolute atomic E-state index is 5.76. The van der Waals surface area contributed by atoms with E-state index in [4.69, 9.17) is 14.0 Å². The predicted octanol–water partition coefficient (Wildman–Crippen LogP) is 2.77. The molecule has 0 bridgehead atoms. The molecule has 0 aliphatic heterocycles. The van der Waals surface area contributed by atoms with Crippen LogP contribution in [0.15, 0.2) is 35.0 Å². The molecule has 6 heteroatoms. The Balaban J connectivity index is 1.83. The second kappa shape index (κ2) is 5.78. The molecule has 0 aliphatic carbocycles. The van der Waals surface area contributed by atoms with Gasteiger partial charge in [-0.15, -0.1) is 0 Å². The van der Waals surface area contributed by atoms with E-state index in [2.05, 4.69) is 15.1 Å². The van der Waals surface area contributed by atoms with E-state index < -0.39 is 0 Å². The van der Waals surface area contributed by atoms with E-state index in [0.29, 0.717) is 11.7 Å². The van der Waals surface area contributed by atoms with Crippen molar-refractivity contribution in [3.63, 3.8) is 0 Å². The fourth-order valence-electron chi connectivity index (χ4n) is 1.99. The molecule has 2 heterocycles. The number of rotatable bonds is 5. The lowest BCUT2D eigenvalue weighted by Crippen LogP contribution is -1.97. The van der Waals surface area contributed by atoms with E-state index in [1.54, 1.807) is 13.3 Å². The summed E-state index contributed by atoms with van der Waals surface area (Å²) in [7, 11) is 1.63. The van der Waals surface area contributed by atoms with Crippen molar-refractivity contribution in [2.45, 2.75) is 20.0 Å². The minimum atomic E-state index is 0.234. The zero-order valence-corrected chi connectivity index (χ0v) is 11.9. The van der Waals surface area contributed by atoms with Crippen LogP contribution in [0.1, 0.15) is 18.6 Å². The molecule has 0 N–H and O–H groups in total. The molecule has 0 radical (unpaired) electrons. The van der Waals surface area contributed by atoms with Gasteiger partial charge in [0.15, 0.2) is 12.4 Å². The minimum absolute atomic E-state index is 0.234. The van der Waals surface area contributed by atoms with Crippen LogP contribution >= 0.6 is 0 Å². The third-order valence-corrected chi connectivity index (χ3v) is 3.09. The summed E-state index contributed by atoms with van der Waals surface area (Å²) in [5.41, 5.74) is 0.812. The summed E-state index contributed by atoms with van der Waals surface area (Å²) in [5.74, 6) is 2.62. The highest BCUT2D eigenvalue weighted by molar-refractivity contribution is 5.85. The van der Waals surface area contributed by atoms with Crippen molar-refractivity contribution in [2.24, 2.45) is 0 Å². The summed E-state index contributed by atoms with van der Waals surface area (Å²) in [5, 5.41) is 4.75. The molecular formula is C15H15N3O3. The fraction of sp³-hybridized carbons (Fsp3) is 0.267. The summed E-state index contributed by atoms with van der Waals surface area (Å²) in [6.45, 7) is 2.21. The molecule has 108 valence electrons. The molecule has 0 amide bonds. The van der Waals surface area contributed by atoms with Crippen LogP contribution in [0.2, 0.25) is 0 Å². The number of pyridine rings is 1. The van der Waals surface area contributed by atoms with Gasteiger partial charge in [0.25, 0.3) is 5.89 Å². The number of aromatic nitrogens is 3. The van der Waals surface area contributed by atoms with Gasteiger partial charge in [-0.2, -0.15) is 4.98 Å². The first-order valence-electron chi connectivity index (χ1n) is 6.67. The Labute approximate surface area is 121 Å².